The summed E-state index contributed by atoms with van der Waals surface area (Å²) in [6.07, 6.45) is 2.03. The zero-order chi connectivity index (χ0) is 19.3. The molecule has 27 heavy (non-hydrogen) atoms. The molecular formula is C21H33FN4O. The molecule has 1 aromatic carbocycles. The van der Waals surface area contributed by atoms with Crippen LogP contribution in [0.3, 0.4) is 0 Å². The second-order valence-corrected chi connectivity index (χ2v) is 8.22. The molecule has 0 spiro atoms. The van der Waals surface area contributed by atoms with Crippen molar-refractivity contribution in [1.82, 2.24) is 15.5 Å². The van der Waals surface area contributed by atoms with Crippen LogP contribution < -0.4 is 10.6 Å². The Hall–Kier alpha value is -1.66. The molecule has 150 valence electrons. The van der Waals surface area contributed by atoms with Gasteiger partial charge in [0.05, 0.1) is 19.8 Å². The molecule has 1 saturated heterocycles. The van der Waals surface area contributed by atoms with Gasteiger partial charge in [0.15, 0.2) is 5.96 Å². The molecule has 2 fully saturated rings. The maximum absolute atomic E-state index is 14.2. The summed E-state index contributed by atoms with van der Waals surface area (Å²) < 4.78 is 19.7. The standard InChI is InChI=1S/C21H33FN4O/c1-4-23-19(24-15-20(2,3)26-11-13-27-14-12-26)25-16-21(9-10-21)17-7-5-6-8-18(17)22/h5-8H,4,9-16H2,1-3H3,(H2,23,24,25). The fourth-order valence-corrected chi connectivity index (χ4v) is 3.72. The van der Waals surface area contributed by atoms with E-state index in [2.05, 4.69) is 36.3 Å². The van der Waals surface area contributed by atoms with Crippen LogP contribution in [0.25, 0.3) is 0 Å². The molecule has 0 atom stereocenters. The summed E-state index contributed by atoms with van der Waals surface area (Å²) in [5.74, 6) is 0.702. The van der Waals surface area contributed by atoms with Crippen LogP contribution in [0.1, 0.15) is 39.2 Å². The van der Waals surface area contributed by atoms with E-state index in [1.165, 1.54) is 0 Å². The first-order valence-electron chi connectivity index (χ1n) is 10.1. The van der Waals surface area contributed by atoms with E-state index in [1.807, 2.05) is 12.1 Å². The fourth-order valence-electron chi connectivity index (χ4n) is 3.72. The molecule has 2 N–H and O–H groups in total. The minimum absolute atomic E-state index is 0.0189. The van der Waals surface area contributed by atoms with Crippen LogP contribution in [0.4, 0.5) is 4.39 Å². The third kappa shape index (κ3) is 4.99. The van der Waals surface area contributed by atoms with Crippen LogP contribution in [-0.4, -0.2) is 62.3 Å². The van der Waals surface area contributed by atoms with Gasteiger partial charge in [0, 0.05) is 37.1 Å². The lowest BCUT2D eigenvalue weighted by molar-refractivity contribution is -0.00683. The Labute approximate surface area is 162 Å². The third-order valence-electron chi connectivity index (χ3n) is 5.73. The topological polar surface area (TPSA) is 48.9 Å². The van der Waals surface area contributed by atoms with Gasteiger partial charge >= 0.3 is 0 Å². The Morgan fingerprint density at radius 2 is 1.93 bits per heavy atom. The summed E-state index contributed by atoms with van der Waals surface area (Å²) >= 11 is 0. The van der Waals surface area contributed by atoms with E-state index in [4.69, 9.17) is 9.73 Å². The van der Waals surface area contributed by atoms with E-state index < -0.39 is 0 Å². The molecule has 0 unspecified atom stereocenters. The Bertz CT molecular complexity index is 651. The van der Waals surface area contributed by atoms with Crippen LogP contribution in [0.15, 0.2) is 29.3 Å². The Morgan fingerprint density at radius 1 is 1.22 bits per heavy atom. The number of aliphatic imine (C=N–C) groups is 1. The Balaban J connectivity index is 1.62. The number of morpholine rings is 1. The number of benzene rings is 1. The van der Waals surface area contributed by atoms with Crippen LogP contribution in [0.5, 0.6) is 0 Å². The van der Waals surface area contributed by atoms with Gasteiger partial charge in [-0.3, -0.25) is 9.89 Å². The first kappa shape index (κ1) is 20.1. The van der Waals surface area contributed by atoms with Crippen molar-refractivity contribution in [3.8, 4) is 0 Å². The van der Waals surface area contributed by atoms with E-state index in [9.17, 15) is 4.39 Å². The van der Waals surface area contributed by atoms with Crippen molar-refractivity contribution in [2.24, 2.45) is 4.99 Å². The molecular weight excluding hydrogens is 343 g/mol. The number of ether oxygens (including phenoxy) is 1. The SMILES string of the molecule is CCNC(=NCC(C)(C)N1CCOCC1)NCC1(c2ccccc2F)CC1. The molecule has 1 heterocycles. The summed E-state index contributed by atoms with van der Waals surface area (Å²) in [7, 11) is 0. The van der Waals surface area contributed by atoms with E-state index in [0.29, 0.717) is 13.1 Å². The summed E-state index contributed by atoms with van der Waals surface area (Å²) in [4.78, 5) is 7.26. The maximum atomic E-state index is 14.2. The van der Waals surface area contributed by atoms with Crippen molar-refractivity contribution >= 4 is 5.96 Å². The molecule has 2 aliphatic rings. The van der Waals surface area contributed by atoms with E-state index >= 15 is 0 Å². The van der Waals surface area contributed by atoms with Gasteiger partial charge in [-0.15, -0.1) is 0 Å². The molecule has 0 aromatic heterocycles. The Morgan fingerprint density at radius 3 is 2.56 bits per heavy atom. The van der Waals surface area contributed by atoms with E-state index in [1.54, 1.807) is 12.1 Å². The minimum Gasteiger partial charge on any atom is -0.379 e. The summed E-state index contributed by atoms with van der Waals surface area (Å²) in [6.45, 7) is 12.2. The number of nitrogens with one attached hydrogen (secondary N) is 2. The predicted octanol–water partition coefficient (Wildman–Crippen LogP) is 2.52. The van der Waals surface area contributed by atoms with Gasteiger partial charge in [-0.1, -0.05) is 18.2 Å². The van der Waals surface area contributed by atoms with Gasteiger partial charge in [-0.2, -0.15) is 0 Å². The average Bonchev–Trinajstić information content (AvgIpc) is 3.46. The quantitative estimate of drug-likeness (QED) is 0.567. The number of hydrogen-bond donors (Lipinski definition) is 2. The van der Waals surface area contributed by atoms with Crippen molar-refractivity contribution in [3.05, 3.63) is 35.6 Å². The Kier molecular flexibility index (Phi) is 6.37. The van der Waals surface area contributed by atoms with Crippen LogP contribution in [-0.2, 0) is 10.2 Å². The molecule has 1 aliphatic carbocycles. The monoisotopic (exact) mass is 376 g/mol. The highest BCUT2D eigenvalue weighted by atomic mass is 19.1. The highest BCUT2D eigenvalue weighted by molar-refractivity contribution is 5.80. The smallest absolute Gasteiger partial charge is 0.191 e. The van der Waals surface area contributed by atoms with E-state index in [0.717, 1.165) is 57.2 Å². The highest BCUT2D eigenvalue weighted by Crippen LogP contribution is 2.48. The average molecular weight is 377 g/mol. The van der Waals surface area contributed by atoms with Gasteiger partial charge in [0.2, 0.25) is 0 Å². The lowest BCUT2D eigenvalue weighted by atomic mass is 9.95. The molecule has 1 aliphatic heterocycles. The summed E-state index contributed by atoms with van der Waals surface area (Å²) in [5.41, 5.74) is 0.706. The molecule has 5 nitrogen and oxygen atoms in total. The van der Waals surface area contributed by atoms with Crippen molar-refractivity contribution in [2.45, 2.75) is 44.6 Å². The number of halogens is 1. The fraction of sp³-hybridized carbons (Fsp3) is 0.667. The molecule has 0 amide bonds. The molecule has 6 heteroatoms. The zero-order valence-electron chi connectivity index (χ0n) is 16.9. The molecule has 3 rings (SSSR count). The third-order valence-corrected chi connectivity index (χ3v) is 5.73. The minimum atomic E-state index is -0.104. The van der Waals surface area contributed by atoms with Gasteiger partial charge in [0.25, 0.3) is 0 Å². The van der Waals surface area contributed by atoms with Gasteiger partial charge < -0.3 is 15.4 Å². The van der Waals surface area contributed by atoms with Gasteiger partial charge in [-0.25, -0.2) is 4.39 Å². The first-order valence-corrected chi connectivity index (χ1v) is 10.1. The number of rotatable bonds is 7. The largest absolute Gasteiger partial charge is 0.379 e. The maximum Gasteiger partial charge on any atom is 0.191 e. The molecule has 0 radical (unpaired) electrons. The second-order valence-electron chi connectivity index (χ2n) is 8.22. The predicted molar refractivity (Wildman–Crippen MR) is 108 cm³/mol. The van der Waals surface area contributed by atoms with Crippen LogP contribution in [0, 0.1) is 5.82 Å². The normalized spacial score (nSPS) is 20.4. The highest BCUT2D eigenvalue weighted by Gasteiger charge is 2.45. The molecule has 1 saturated carbocycles. The molecule has 0 bridgehead atoms. The van der Waals surface area contributed by atoms with E-state index in [-0.39, 0.29) is 16.8 Å². The number of nitrogens with zero attached hydrogens (tertiary/aromatic N) is 2. The number of guanidine groups is 1. The van der Waals surface area contributed by atoms with Crippen molar-refractivity contribution < 1.29 is 9.13 Å². The van der Waals surface area contributed by atoms with Crippen molar-refractivity contribution in [1.29, 1.82) is 0 Å². The summed E-state index contributed by atoms with van der Waals surface area (Å²) in [5, 5.41) is 6.78. The zero-order valence-corrected chi connectivity index (χ0v) is 16.9. The van der Waals surface area contributed by atoms with Gasteiger partial charge in [-0.05, 0) is 45.2 Å². The lowest BCUT2D eigenvalue weighted by Gasteiger charge is -2.40. The lowest BCUT2D eigenvalue weighted by Crippen LogP contribution is -2.52. The summed E-state index contributed by atoms with van der Waals surface area (Å²) in [6, 6.07) is 7.14. The van der Waals surface area contributed by atoms with Crippen molar-refractivity contribution in [3.63, 3.8) is 0 Å². The van der Waals surface area contributed by atoms with Gasteiger partial charge in [0.1, 0.15) is 5.82 Å². The van der Waals surface area contributed by atoms with Crippen LogP contribution >= 0.6 is 0 Å². The number of hydrogen-bond acceptors (Lipinski definition) is 3. The second kappa shape index (κ2) is 8.57. The van der Waals surface area contributed by atoms with Crippen LogP contribution in [0.2, 0.25) is 0 Å². The molecule has 1 aromatic rings. The first-order chi connectivity index (χ1) is 13.0. The van der Waals surface area contributed by atoms with Crippen molar-refractivity contribution in [2.75, 3.05) is 45.9 Å².